The molecule has 0 aliphatic heterocycles. The van der Waals surface area contributed by atoms with Gasteiger partial charge in [-0.3, -0.25) is 4.98 Å². The van der Waals surface area contributed by atoms with Crippen molar-refractivity contribution in [1.82, 2.24) is 4.98 Å². The zero-order valence-corrected chi connectivity index (χ0v) is 9.20. The average molecular weight is 241 g/mol. The Hall–Kier alpha value is 0.183. The Bertz CT molecular complexity index is 147. The molecular weight excluding hydrogens is 238 g/mol. The van der Waals surface area contributed by atoms with Crippen molar-refractivity contribution >= 4 is 0 Å². The van der Waals surface area contributed by atoms with Crippen molar-refractivity contribution in [3.05, 3.63) is 30.3 Å². The van der Waals surface area contributed by atoms with E-state index < -0.39 is 0 Å². The molecule has 0 bridgehead atoms. The number of pyridine rings is 1. The first-order chi connectivity index (χ1) is 3.39. The van der Waals surface area contributed by atoms with E-state index in [0.717, 1.165) is 6.20 Å². The van der Waals surface area contributed by atoms with E-state index in [2.05, 4.69) is 11.2 Å². The summed E-state index contributed by atoms with van der Waals surface area (Å²) in [7, 11) is 0. The van der Waals surface area contributed by atoms with Crippen molar-refractivity contribution in [2.75, 3.05) is 0 Å². The molecule has 1 heterocycles. The predicted octanol–water partition coefficient (Wildman–Crippen LogP) is -1.98. The number of rotatable bonds is 0. The van der Waals surface area contributed by atoms with Crippen LogP contribution >= 0.6 is 0 Å². The van der Waals surface area contributed by atoms with Crippen LogP contribution < -0.4 is 17.0 Å². The molecule has 0 aromatic carbocycles. The van der Waals surface area contributed by atoms with Crippen LogP contribution in [0.25, 0.3) is 0 Å². The molecule has 1 aromatic rings. The van der Waals surface area contributed by atoms with Crippen LogP contribution in [-0.2, 0) is 19.5 Å². The molecule has 0 aliphatic carbocycles. The van der Waals surface area contributed by atoms with Gasteiger partial charge in [0.05, 0.1) is 12.4 Å². The Kier molecular flexibility index (Phi) is 8.35. The number of nitrogens with zero attached hydrogens (tertiary/aromatic N) is 1. The van der Waals surface area contributed by atoms with Gasteiger partial charge in [-0.1, -0.05) is 0 Å². The maximum atomic E-state index is 11.8. The molecule has 9 heavy (non-hydrogen) atoms. The Morgan fingerprint density at radius 3 is 2.44 bits per heavy atom. The van der Waals surface area contributed by atoms with Crippen LogP contribution in [0.4, 0.5) is 4.39 Å². The quantitative estimate of drug-likeness (QED) is 0.480. The van der Waals surface area contributed by atoms with Gasteiger partial charge in [0.1, 0.15) is 5.82 Å². The maximum absolute atomic E-state index is 11.8. The predicted molar refractivity (Wildman–Crippen MR) is 23.0 cm³/mol. The molecule has 0 N–H and O–H groups in total. The summed E-state index contributed by atoms with van der Waals surface area (Å²) in [6, 6.07) is 2.72. The summed E-state index contributed by atoms with van der Waals surface area (Å²) in [6.45, 7) is 0. The molecule has 4 heteroatoms. The molecule has 1 rings (SSSR count). The van der Waals surface area contributed by atoms with E-state index in [-0.39, 0.29) is 42.3 Å². The molecule has 1 aromatic heterocycles. The number of halogens is 2. The Labute approximate surface area is 76.2 Å². The molecule has 0 spiro atoms. The van der Waals surface area contributed by atoms with Crippen LogP contribution in [-0.4, -0.2) is 4.98 Å². The molecule has 0 amide bonds. The van der Waals surface area contributed by atoms with E-state index in [1.165, 1.54) is 12.1 Å². The second-order valence-electron chi connectivity index (χ2n) is 1.11. The van der Waals surface area contributed by atoms with Crippen LogP contribution in [0.3, 0.4) is 0 Å². The number of hydrogen-bond donors (Lipinski definition) is 0. The molecule has 0 atom stereocenters. The first-order valence-corrected chi connectivity index (χ1v) is 1.87. The normalized spacial score (nSPS) is 6.78. The van der Waals surface area contributed by atoms with Crippen LogP contribution in [0, 0.1) is 12.0 Å². The molecule has 1 nitrogen and oxygen atoms in total. The van der Waals surface area contributed by atoms with Gasteiger partial charge in [0, 0.05) is 19.5 Å². The van der Waals surface area contributed by atoms with Crippen molar-refractivity contribution < 1.29 is 40.8 Å². The standard InChI is InChI=1S/C5H3FN.BrH.Zn/c6-5-2-1-3-7-4-5;;/h1-2,4H;1H;/p-1. The summed E-state index contributed by atoms with van der Waals surface area (Å²) in [5.41, 5.74) is 0. The van der Waals surface area contributed by atoms with E-state index in [1.54, 1.807) is 0 Å². The minimum Gasteiger partial charge on any atom is -1.00 e. The maximum Gasteiger partial charge on any atom is 0.141 e. The Morgan fingerprint density at radius 2 is 2.22 bits per heavy atom. The summed E-state index contributed by atoms with van der Waals surface area (Å²) in [6.07, 6.45) is 3.55. The van der Waals surface area contributed by atoms with Crippen molar-refractivity contribution in [2.24, 2.45) is 0 Å². The van der Waals surface area contributed by atoms with Gasteiger partial charge in [-0.15, -0.1) is 0 Å². The minimum atomic E-state index is -0.321. The summed E-state index contributed by atoms with van der Waals surface area (Å²) in [4.78, 5) is 3.38. The third-order valence-electron chi connectivity index (χ3n) is 0.580. The largest absolute Gasteiger partial charge is 1.00 e. The fourth-order valence-electron chi connectivity index (χ4n) is 0.302. The smallest absolute Gasteiger partial charge is 0.141 e. The molecule has 1 radical (unpaired) electrons. The van der Waals surface area contributed by atoms with Gasteiger partial charge < -0.3 is 17.0 Å². The van der Waals surface area contributed by atoms with Crippen LogP contribution in [0.5, 0.6) is 0 Å². The van der Waals surface area contributed by atoms with E-state index in [0.29, 0.717) is 0 Å². The SMILES string of the molecule is Fc1cc[c]nc1.[Br-].[Zn]. The van der Waals surface area contributed by atoms with E-state index in [4.69, 9.17) is 0 Å². The molecule has 0 unspecified atom stereocenters. The van der Waals surface area contributed by atoms with Gasteiger partial charge in [-0.2, -0.15) is 0 Å². The Balaban J connectivity index is 0. The summed E-state index contributed by atoms with van der Waals surface area (Å²) in [5, 5.41) is 0. The van der Waals surface area contributed by atoms with Gasteiger partial charge in [-0.25, -0.2) is 4.39 Å². The summed E-state index contributed by atoms with van der Waals surface area (Å²) in [5.74, 6) is -0.321. The van der Waals surface area contributed by atoms with Crippen molar-refractivity contribution in [2.45, 2.75) is 0 Å². The van der Waals surface area contributed by atoms with Gasteiger partial charge in [0.15, 0.2) is 0 Å². The second kappa shape index (κ2) is 6.31. The van der Waals surface area contributed by atoms with Crippen molar-refractivity contribution in [1.29, 1.82) is 0 Å². The zero-order chi connectivity index (χ0) is 5.11. The molecule has 0 saturated heterocycles. The van der Waals surface area contributed by atoms with E-state index in [1.807, 2.05) is 0 Å². The van der Waals surface area contributed by atoms with Gasteiger partial charge in [0.25, 0.3) is 0 Å². The third-order valence-corrected chi connectivity index (χ3v) is 0.580. The second-order valence-corrected chi connectivity index (χ2v) is 1.11. The monoisotopic (exact) mass is 239 g/mol. The van der Waals surface area contributed by atoms with Crippen LogP contribution in [0.2, 0.25) is 0 Å². The molecular formula is C5H3BrFNZn-. The van der Waals surface area contributed by atoms with E-state index in [9.17, 15) is 4.39 Å². The first kappa shape index (κ1) is 11.9. The Morgan fingerprint density at radius 1 is 1.56 bits per heavy atom. The van der Waals surface area contributed by atoms with E-state index >= 15 is 0 Å². The third kappa shape index (κ3) is 4.67. The first-order valence-electron chi connectivity index (χ1n) is 1.87. The molecule has 0 fully saturated rings. The van der Waals surface area contributed by atoms with Crippen LogP contribution in [0.15, 0.2) is 18.3 Å². The summed E-state index contributed by atoms with van der Waals surface area (Å²) < 4.78 is 11.8. The minimum absolute atomic E-state index is 0. The molecule has 0 saturated carbocycles. The van der Waals surface area contributed by atoms with Crippen molar-refractivity contribution in [3.8, 4) is 0 Å². The van der Waals surface area contributed by atoms with Crippen molar-refractivity contribution in [3.63, 3.8) is 0 Å². The fraction of sp³-hybridized carbons (Fsp3) is 0. The molecule has 45 valence electrons. The average Bonchev–Trinajstić information content (AvgIpc) is 1.69. The van der Waals surface area contributed by atoms with Gasteiger partial charge in [-0.05, 0) is 12.1 Å². The summed E-state index contributed by atoms with van der Waals surface area (Å²) >= 11 is 0. The van der Waals surface area contributed by atoms with Gasteiger partial charge >= 0.3 is 0 Å². The zero-order valence-electron chi connectivity index (χ0n) is 4.64. The fourth-order valence-corrected chi connectivity index (χ4v) is 0.302. The van der Waals surface area contributed by atoms with Crippen LogP contribution in [0.1, 0.15) is 0 Å². The number of aromatic nitrogens is 1. The number of hydrogen-bond acceptors (Lipinski definition) is 1. The topological polar surface area (TPSA) is 12.9 Å². The molecule has 0 aliphatic rings. The van der Waals surface area contributed by atoms with Gasteiger partial charge in [0.2, 0.25) is 0 Å².